The summed E-state index contributed by atoms with van der Waals surface area (Å²) in [5.74, 6) is 0. The maximum Gasteiger partial charge on any atom is 1.00 e. The number of ether oxygens (including phenoxy) is 1. The zero-order chi connectivity index (χ0) is 19.6. The maximum absolute atomic E-state index is 12.1. The number of unbranched alkanes of at least 4 members (excludes halogenated alkanes) is 3. The second-order valence-electron chi connectivity index (χ2n) is 5.85. The normalized spacial score (nSPS) is 12.9. The van der Waals surface area contributed by atoms with Crippen LogP contribution >= 0.6 is 19.6 Å². The zero-order valence-electron chi connectivity index (χ0n) is 17.3. The van der Waals surface area contributed by atoms with Crippen molar-refractivity contribution in [2.45, 2.75) is 56.6 Å². The molecule has 0 aliphatic heterocycles. The molecule has 148 valence electrons. The van der Waals surface area contributed by atoms with Gasteiger partial charge < -0.3 is 28.9 Å². The summed E-state index contributed by atoms with van der Waals surface area (Å²) < 4.78 is 20.7. The first kappa shape index (κ1) is 31.1. The van der Waals surface area contributed by atoms with Crippen LogP contribution in [0.25, 0.3) is 0 Å². The number of thioether (sulfide) groups is 1. The Bertz CT molecular complexity index is 619. The minimum Gasteiger partial charge on any atom is -0.790 e. The monoisotopic (exact) mass is 449 g/mol. The van der Waals surface area contributed by atoms with Crippen LogP contribution in [-0.4, -0.2) is 25.1 Å². The first-order valence-electron chi connectivity index (χ1n) is 8.54. The third-order valence-electron chi connectivity index (χ3n) is 3.72. The Morgan fingerprint density at radius 2 is 1.93 bits per heavy atom. The molecule has 0 fully saturated rings. The molecular formula is C17H26NNa2O6PS. The molecule has 1 aromatic carbocycles. The predicted molar refractivity (Wildman–Crippen MR) is 97.7 cm³/mol. The molecule has 28 heavy (non-hydrogen) atoms. The first-order chi connectivity index (χ1) is 12.3. The summed E-state index contributed by atoms with van der Waals surface area (Å²) in [6.07, 6.45) is 4.04. The van der Waals surface area contributed by atoms with E-state index >= 15 is 0 Å². The summed E-state index contributed by atoms with van der Waals surface area (Å²) in [5, 5.41) is 2.60. The van der Waals surface area contributed by atoms with E-state index in [0.29, 0.717) is 5.56 Å². The van der Waals surface area contributed by atoms with Gasteiger partial charge in [0.1, 0.15) is 0 Å². The Kier molecular flexibility index (Phi) is 18.5. The molecule has 11 heteroatoms. The topological polar surface area (TPSA) is 111 Å². The van der Waals surface area contributed by atoms with Crippen molar-refractivity contribution in [3.63, 3.8) is 0 Å². The van der Waals surface area contributed by atoms with Crippen molar-refractivity contribution in [1.82, 2.24) is 5.32 Å². The van der Waals surface area contributed by atoms with E-state index in [1.807, 2.05) is 12.3 Å². The van der Waals surface area contributed by atoms with Crippen LogP contribution in [0.1, 0.15) is 51.1 Å². The van der Waals surface area contributed by atoms with Crippen molar-refractivity contribution in [2.75, 3.05) is 12.9 Å². The Balaban J connectivity index is 0. The van der Waals surface area contributed by atoms with E-state index < -0.39 is 26.1 Å². The van der Waals surface area contributed by atoms with Gasteiger partial charge in [-0.1, -0.05) is 38.3 Å². The number of amides is 1. The molecule has 0 radical (unpaired) electrons. The summed E-state index contributed by atoms with van der Waals surface area (Å²) in [4.78, 5) is 34.9. The molecule has 1 amide bonds. The molecule has 1 rings (SSSR count). The Morgan fingerprint density at radius 3 is 2.50 bits per heavy atom. The Labute approximate surface area is 215 Å². The van der Waals surface area contributed by atoms with Crippen LogP contribution in [0.2, 0.25) is 0 Å². The second-order valence-corrected chi connectivity index (χ2v) is 7.84. The van der Waals surface area contributed by atoms with Crippen molar-refractivity contribution in [1.29, 1.82) is 0 Å². The van der Waals surface area contributed by atoms with E-state index in [1.165, 1.54) is 18.7 Å². The molecule has 0 spiro atoms. The van der Waals surface area contributed by atoms with E-state index in [-0.39, 0.29) is 65.7 Å². The van der Waals surface area contributed by atoms with Gasteiger partial charge in [0.2, 0.25) is 0 Å². The molecule has 0 aliphatic rings. The van der Waals surface area contributed by atoms with Crippen LogP contribution in [0, 0.1) is 0 Å². The van der Waals surface area contributed by atoms with Gasteiger partial charge >= 0.3 is 65.2 Å². The molecule has 0 bridgehead atoms. The van der Waals surface area contributed by atoms with Crippen LogP contribution in [0.3, 0.4) is 0 Å². The fraction of sp³-hybridized carbons (Fsp3) is 0.588. The fourth-order valence-corrected chi connectivity index (χ4v) is 3.43. The average molecular weight is 449 g/mol. The van der Waals surface area contributed by atoms with Crippen molar-refractivity contribution < 1.29 is 87.5 Å². The van der Waals surface area contributed by atoms with Gasteiger partial charge in [-0.2, -0.15) is 0 Å². The predicted octanol–water partition coefficient (Wildman–Crippen LogP) is -3.00. The zero-order valence-corrected chi connectivity index (χ0v) is 23.0. The SMILES string of the molecule is CCCCCCOC(=O)N[C@H](c1cccc(SC)c1)[C@H](C)OP(=O)([O-])[O-].[Na+].[Na+]. The van der Waals surface area contributed by atoms with Gasteiger partial charge in [0.25, 0.3) is 0 Å². The number of carbonyl (C=O) groups is 1. The molecular weight excluding hydrogens is 423 g/mol. The number of hydrogen-bond donors (Lipinski definition) is 1. The largest absolute Gasteiger partial charge is 1.00 e. The summed E-state index contributed by atoms with van der Waals surface area (Å²) in [6.45, 7) is 3.79. The van der Waals surface area contributed by atoms with Gasteiger partial charge in [0.15, 0.2) is 0 Å². The standard InChI is InChI=1S/C17H28NO6PS.2Na/c1-4-5-6-7-11-23-17(19)18-16(13(2)24-25(20,21)22)14-9-8-10-15(12-14)26-3;;/h8-10,12-13,16H,4-7,11H2,1-3H3,(H,18,19)(H2,20,21,22);;/q;2*+1/p-2/t13-,16-;;/m0../s1. The molecule has 1 N–H and O–H groups in total. The number of hydrogen-bond acceptors (Lipinski definition) is 7. The van der Waals surface area contributed by atoms with Gasteiger partial charge in [-0.25, -0.2) is 4.79 Å². The number of rotatable bonds is 11. The molecule has 0 heterocycles. The van der Waals surface area contributed by atoms with E-state index in [0.717, 1.165) is 30.6 Å². The van der Waals surface area contributed by atoms with Crippen LogP contribution in [0.15, 0.2) is 29.2 Å². The molecule has 0 unspecified atom stereocenters. The van der Waals surface area contributed by atoms with Crippen molar-refractivity contribution in [3.8, 4) is 0 Å². The summed E-state index contributed by atoms with van der Waals surface area (Å²) in [6, 6.07) is 6.37. The van der Waals surface area contributed by atoms with Gasteiger partial charge in [0, 0.05) is 4.90 Å². The maximum atomic E-state index is 12.1. The van der Waals surface area contributed by atoms with Crippen molar-refractivity contribution >= 4 is 25.7 Å². The quantitative estimate of drug-likeness (QED) is 0.166. The molecule has 0 aromatic heterocycles. The van der Waals surface area contributed by atoms with Crippen LogP contribution in [0.5, 0.6) is 0 Å². The van der Waals surface area contributed by atoms with Gasteiger partial charge in [-0.05, 0) is 37.3 Å². The summed E-state index contributed by atoms with van der Waals surface area (Å²) in [5.41, 5.74) is 0.626. The third kappa shape index (κ3) is 13.3. The Hall–Kier alpha value is 0.950. The van der Waals surface area contributed by atoms with Gasteiger partial charge in [-0.3, -0.25) is 0 Å². The van der Waals surface area contributed by atoms with Crippen molar-refractivity contribution in [3.05, 3.63) is 29.8 Å². The number of benzene rings is 1. The molecule has 0 saturated carbocycles. The number of phosphoric ester groups is 1. The summed E-state index contributed by atoms with van der Waals surface area (Å²) in [7, 11) is -5.19. The van der Waals surface area contributed by atoms with Crippen LogP contribution in [0.4, 0.5) is 4.79 Å². The second kappa shape index (κ2) is 16.6. The average Bonchev–Trinajstić information content (AvgIpc) is 2.58. The van der Waals surface area contributed by atoms with Gasteiger partial charge in [-0.15, -0.1) is 11.8 Å². The number of nitrogens with one attached hydrogen (secondary N) is 1. The third-order valence-corrected chi connectivity index (χ3v) is 5.04. The van der Waals surface area contributed by atoms with Crippen LogP contribution < -0.4 is 74.2 Å². The molecule has 2 atom stereocenters. The Morgan fingerprint density at radius 1 is 1.25 bits per heavy atom. The summed E-state index contributed by atoms with van der Waals surface area (Å²) >= 11 is 1.50. The van der Waals surface area contributed by atoms with E-state index in [1.54, 1.807) is 18.2 Å². The first-order valence-corrected chi connectivity index (χ1v) is 11.2. The van der Waals surface area contributed by atoms with Crippen molar-refractivity contribution in [2.24, 2.45) is 0 Å². The molecule has 0 aliphatic carbocycles. The fourth-order valence-electron chi connectivity index (χ4n) is 2.43. The minimum atomic E-state index is -5.19. The number of carbonyl (C=O) groups excluding carboxylic acids is 1. The number of phosphoric acid groups is 1. The molecule has 7 nitrogen and oxygen atoms in total. The van der Waals surface area contributed by atoms with Crippen LogP contribution in [-0.2, 0) is 13.8 Å². The van der Waals surface area contributed by atoms with E-state index in [2.05, 4.69) is 16.8 Å². The molecule has 1 aromatic rings. The van der Waals surface area contributed by atoms with E-state index in [9.17, 15) is 19.1 Å². The minimum absolute atomic E-state index is 0. The van der Waals surface area contributed by atoms with E-state index in [4.69, 9.17) is 4.74 Å². The number of alkyl carbamates (subject to hydrolysis) is 1. The molecule has 0 saturated heterocycles. The van der Waals surface area contributed by atoms with Gasteiger partial charge in [0.05, 0.1) is 26.6 Å². The smallest absolute Gasteiger partial charge is 0.790 e.